The molecule has 0 radical (unpaired) electrons. The van der Waals surface area contributed by atoms with E-state index in [0.717, 1.165) is 15.4 Å². The van der Waals surface area contributed by atoms with E-state index >= 15 is 0 Å². The molecule has 0 saturated heterocycles. The number of sulfonamides is 1. The molecule has 0 saturated carbocycles. The Morgan fingerprint density at radius 3 is 2.12 bits per heavy atom. The smallest absolute Gasteiger partial charge is 0.264 e. The molecular weight excluding hydrogens is 597 g/mol. The summed E-state index contributed by atoms with van der Waals surface area (Å²) in [5.74, 6) is -0.219. The monoisotopic (exact) mass is 633 g/mol. The Kier molecular flexibility index (Phi) is 11.7. The van der Waals surface area contributed by atoms with Crippen LogP contribution in [0.15, 0.2) is 71.6 Å². The Bertz CT molecular complexity index is 1480. The molecule has 0 fully saturated rings. The lowest BCUT2D eigenvalue weighted by atomic mass is 10.1. The predicted octanol–water partition coefficient (Wildman–Crippen LogP) is 6.23. The van der Waals surface area contributed by atoms with Crippen LogP contribution in [0, 0.1) is 6.92 Å². The van der Waals surface area contributed by atoms with Gasteiger partial charge in [0.05, 0.1) is 27.7 Å². The first-order valence-corrected chi connectivity index (χ1v) is 15.9. The van der Waals surface area contributed by atoms with Crippen molar-refractivity contribution >= 4 is 50.7 Å². The first-order valence-electron chi connectivity index (χ1n) is 13.7. The fraction of sp³-hybridized carbons (Fsp3) is 0.355. The summed E-state index contributed by atoms with van der Waals surface area (Å²) in [4.78, 5) is 29.0. The lowest BCUT2D eigenvalue weighted by Gasteiger charge is -2.33. The molecule has 11 heteroatoms. The van der Waals surface area contributed by atoms with Crippen LogP contribution in [-0.2, 0) is 26.2 Å². The van der Waals surface area contributed by atoms with E-state index in [2.05, 4.69) is 5.32 Å². The number of rotatable bonds is 13. The van der Waals surface area contributed by atoms with Crippen molar-refractivity contribution in [1.29, 1.82) is 0 Å². The van der Waals surface area contributed by atoms with Crippen LogP contribution in [0.4, 0.5) is 5.69 Å². The quantitative estimate of drug-likeness (QED) is 0.241. The Morgan fingerprint density at radius 1 is 0.929 bits per heavy atom. The van der Waals surface area contributed by atoms with E-state index in [9.17, 15) is 18.0 Å². The number of ether oxygens (including phenoxy) is 1. The number of carbonyl (C=O) groups excluding carboxylic acids is 2. The fourth-order valence-electron chi connectivity index (χ4n) is 4.29. The van der Waals surface area contributed by atoms with Gasteiger partial charge in [0.2, 0.25) is 11.8 Å². The number of carbonyl (C=O) groups is 2. The van der Waals surface area contributed by atoms with Crippen molar-refractivity contribution in [3.05, 3.63) is 87.9 Å². The number of hydrogen-bond donors (Lipinski definition) is 1. The van der Waals surface area contributed by atoms with Crippen molar-refractivity contribution in [2.75, 3.05) is 18.0 Å². The van der Waals surface area contributed by atoms with E-state index in [4.69, 9.17) is 27.9 Å². The minimum atomic E-state index is -4.22. The molecule has 0 bridgehead atoms. The van der Waals surface area contributed by atoms with Gasteiger partial charge < -0.3 is 15.0 Å². The molecule has 3 rings (SSSR count). The summed E-state index contributed by atoms with van der Waals surface area (Å²) in [6, 6.07) is 16.9. The number of nitrogens with one attached hydrogen (secondary N) is 1. The fourth-order valence-corrected chi connectivity index (χ4v) is 5.99. The van der Waals surface area contributed by atoms with Crippen molar-refractivity contribution in [2.45, 2.75) is 64.1 Å². The highest BCUT2D eigenvalue weighted by molar-refractivity contribution is 7.92. The molecule has 0 aliphatic heterocycles. The average Bonchev–Trinajstić information content (AvgIpc) is 2.97. The average molecular weight is 635 g/mol. The molecule has 8 nitrogen and oxygen atoms in total. The van der Waals surface area contributed by atoms with E-state index in [1.54, 1.807) is 43.5 Å². The van der Waals surface area contributed by atoms with Gasteiger partial charge in [-0.3, -0.25) is 13.9 Å². The normalized spacial score (nSPS) is 12.7. The van der Waals surface area contributed by atoms with Crippen molar-refractivity contribution < 1.29 is 22.7 Å². The maximum Gasteiger partial charge on any atom is 0.264 e. The SMILES string of the molecule is CC[C@H](C)NC(=O)[C@H](CC)N(Cc1ccc(OC)cc1)C(=O)CN(c1ccc(Cl)c(Cl)c1)S(=O)(=O)c1ccc(C)cc1. The molecule has 42 heavy (non-hydrogen) atoms. The van der Waals surface area contributed by atoms with Gasteiger partial charge in [0.25, 0.3) is 10.0 Å². The summed E-state index contributed by atoms with van der Waals surface area (Å²) in [6.45, 7) is 7.02. The van der Waals surface area contributed by atoms with Crippen LogP contribution < -0.4 is 14.4 Å². The van der Waals surface area contributed by atoms with E-state index in [0.29, 0.717) is 18.6 Å². The molecule has 0 spiro atoms. The second kappa shape index (κ2) is 14.8. The lowest BCUT2D eigenvalue weighted by molar-refractivity contribution is -0.140. The van der Waals surface area contributed by atoms with Crippen LogP contribution in [0.5, 0.6) is 5.75 Å². The topological polar surface area (TPSA) is 96.0 Å². The molecule has 226 valence electrons. The Hall–Kier alpha value is -3.27. The summed E-state index contributed by atoms with van der Waals surface area (Å²) < 4.78 is 34.2. The number of halogens is 2. The molecule has 1 N–H and O–H groups in total. The number of aryl methyl sites for hydroxylation is 1. The molecule has 0 heterocycles. The summed E-state index contributed by atoms with van der Waals surface area (Å²) in [5, 5.41) is 3.35. The number of anilines is 1. The number of benzene rings is 3. The van der Waals surface area contributed by atoms with Gasteiger partial charge in [-0.05, 0) is 74.7 Å². The van der Waals surface area contributed by atoms with Gasteiger partial charge in [-0.2, -0.15) is 0 Å². The minimum absolute atomic E-state index is 0.00947. The molecule has 2 atom stereocenters. The second-order valence-corrected chi connectivity index (χ2v) is 12.7. The van der Waals surface area contributed by atoms with Gasteiger partial charge in [-0.15, -0.1) is 0 Å². The van der Waals surface area contributed by atoms with Crippen LogP contribution >= 0.6 is 23.2 Å². The standard InChI is InChI=1S/C31H37Cl2N3O5S/c1-6-22(4)34-31(38)29(7-2)35(19-23-10-13-25(41-5)14-11-23)30(37)20-36(24-12-17-27(32)28(33)18-24)42(39,40)26-15-8-21(3)9-16-26/h8-18,22,29H,6-7,19-20H2,1-5H3,(H,34,38)/t22-,29-/m0/s1. The largest absolute Gasteiger partial charge is 0.497 e. The first kappa shape index (κ1) is 33.2. The first-order chi connectivity index (χ1) is 19.9. The van der Waals surface area contributed by atoms with Crippen molar-refractivity contribution in [3.8, 4) is 5.75 Å². The highest BCUT2D eigenvalue weighted by Gasteiger charge is 2.34. The molecule has 3 aromatic carbocycles. The third-order valence-corrected chi connectivity index (χ3v) is 9.51. The minimum Gasteiger partial charge on any atom is -0.497 e. The van der Waals surface area contributed by atoms with Crippen LogP contribution in [0.3, 0.4) is 0 Å². The van der Waals surface area contributed by atoms with E-state index < -0.39 is 28.5 Å². The molecular formula is C31H37Cl2N3O5S. The highest BCUT2D eigenvalue weighted by atomic mass is 35.5. The van der Waals surface area contributed by atoms with Gasteiger partial charge in [0, 0.05) is 12.6 Å². The summed E-state index contributed by atoms with van der Waals surface area (Å²) in [7, 11) is -2.66. The molecule has 0 aliphatic carbocycles. The second-order valence-electron chi connectivity index (χ2n) is 10.0. The van der Waals surface area contributed by atoms with Crippen LogP contribution in [0.25, 0.3) is 0 Å². The number of methoxy groups -OCH3 is 1. The van der Waals surface area contributed by atoms with E-state index in [1.807, 2.05) is 27.7 Å². The zero-order valence-electron chi connectivity index (χ0n) is 24.4. The van der Waals surface area contributed by atoms with Gasteiger partial charge >= 0.3 is 0 Å². The van der Waals surface area contributed by atoms with E-state index in [-0.39, 0.29) is 39.1 Å². The maximum absolute atomic E-state index is 14.2. The number of nitrogens with zero attached hydrogens (tertiary/aromatic N) is 2. The van der Waals surface area contributed by atoms with Crippen molar-refractivity contribution in [3.63, 3.8) is 0 Å². The third-order valence-electron chi connectivity index (χ3n) is 6.98. The zero-order valence-corrected chi connectivity index (χ0v) is 26.8. The molecule has 2 amide bonds. The zero-order chi connectivity index (χ0) is 31.0. The Labute approximate surface area is 258 Å². The summed E-state index contributed by atoms with van der Waals surface area (Å²) in [5.41, 5.74) is 1.80. The van der Waals surface area contributed by atoms with Crippen molar-refractivity contribution in [1.82, 2.24) is 10.2 Å². The van der Waals surface area contributed by atoms with E-state index in [1.165, 1.54) is 35.2 Å². The third kappa shape index (κ3) is 8.18. The van der Waals surface area contributed by atoms with Crippen LogP contribution in [-0.4, -0.2) is 50.9 Å². The summed E-state index contributed by atoms with van der Waals surface area (Å²) >= 11 is 12.4. The number of amides is 2. The maximum atomic E-state index is 14.2. The molecule has 0 aromatic heterocycles. The summed E-state index contributed by atoms with van der Waals surface area (Å²) in [6.07, 6.45) is 1.04. The van der Waals surface area contributed by atoms with Crippen molar-refractivity contribution in [2.24, 2.45) is 0 Å². The Balaban J connectivity index is 2.08. The predicted molar refractivity (Wildman–Crippen MR) is 168 cm³/mol. The number of hydrogen-bond acceptors (Lipinski definition) is 5. The van der Waals surface area contributed by atoms with Gasteiger partial charge in [-0.1, -0.05) is 66.9 Å². The molecule has 3 aromatic rings. The lowest BCUT2D eigenvalue weighted by Crippen LogP contribution is -2.53. The van der Waals surface area contributed by atoms with Gasteiger partial charge in [0.15, 0.2) is 0 Å². The van der Waals surface area contributed by atoms with Crippen LogP contribution in [0.1, 0.15) is 44.7 Å². The Morgan fingerprint density at radius 2 is 1.57 bits per heavy atom. The highest BCUT2D eigenvalue weighted by Crippen LogP contribution is 2.31. The van der Waals surface area contributed by atoms with Gasteiger partial charge in [-0.25, -0.2) is 8.42 Å². The molecule has 0 aliphatic rings. The van der Waals surface area contributed by atoms with Crippen LogP contribution in [0.2, 0.25) is 10.0 Å². The molecule has 0 unspecified atom stereocenters. The van der Waals surface area contributed by atoms with Gasteiger partial charge in [0.1, 0.15) is 18.3 Å².